The van der Waals surface area contributed by atoms with Gasteiger partial charge in [0.1, 0.15) is 23.3 Å². The Morgan fingerprint density at radius 2 is 1.84 bits per heavy atom. The topological polar surface area (TPSA) is 157 Å². The van der Waals surface area contributed by atoms with Crippen molar-refractivity contribution in [3.8, 4) is 34.6 Å². The molecule has 0 unspecified atom stereocenters. The molecule has 4 aromatic heterocycles. The minimum absolute atomic E-state index is 0.0596. The number of nitriles is 1. The number of amides is 1. The maximum absolute atomic E-state index is 13.0. The van der Waals surface area contributed by atoms with Crippen molar-refractivity contribution >= 4 is 29.5 Å². The number of aryl methyl sites for hydroxylation is 1. The molecule has 1 N–H and O–H groups in total. The number of nitrogens with zero attached hydrogens (tertiary/aromatic N) is 9. The molecule has 0 aromatic carbocycles. The smallest absolute Gasteiger partial charge is 0.415 e. The second-order valence-electron chi connectivity index (χ2n) is 9.92. The van der Waals surface area contributed by atoms with E-state index in [-0.39, 0.29) is 29.5 Å². The fourth-order valence-corrected chi connectivity index (χ4v) is 5.17. The van der Waals surface area contributed by atoms with Gasteiger partial charge in [0.15, 0.2) is 6.61 Å². The molecule has 0 bridgehead atoms. The number of hydrogen-bond donors (Lipinski definition) is 1. The number of nitrogens with one attached hydrogen (secondary N) is 1. The third-order valence-corrected chi connectivity index (χ3v) is 7.26. The first kappa shape index (κ1) is 30.5. The second kappa shape index (κ2) is 13.6. The maximum atomic E-state index is 13.0. The molecule has 1 fully saturated rings. The number of ether oxygens (including phenoxy) is 2. The van der Waals surface area contributed by atoms with Crippen molar-refractivity contribution in [3.05, 3.63) is 53.7 Å². The molecule has 228 valence electrons. The van der Waals surface area contributed by atoms with Crippen LogP contribution < -0.4 is 15.0 Å². The Bertz CT molecular complexity index is 1640. The molecule has 0 spiro atoms. The monoisotopic (exact) mass is 624 g/mol. The summed E-state index contributed by atoms with van der Waals surface area (Å²) in [6.07, 6.45) is 6.28. The van der Waals surface area contributed by atoms with E-state index in [0.29, 0.717) is 59.2 Å². The Kier molecular flexibility index (Phi) is 9.39. The van der Waals surface area contributed by atoms with E-state index in [2.05, 4.69) is 41.4 Å². The third-order valence-electron chi connectivity index (χ3n) is 6.98. The fourth-order valence-electron chi connectivity index (χ4n) is 4.90. The first-order valence-electron chi connectivity index (χ1n) is 13.6. The SMILES string of the molecule is COc1ncc(-c2ccc(N(C(=O)OCC(F)F)[C@H]3CC[C@H](Nc4ncc(C#N)c(-c5nn(C)cc5Cl)n4)CC3)nc2)cn1. The Morgan fingerprint density at radius 1 is 1.11 bits per heavy atom. The first-order chi connectivity index (χ1) is 21.2. The Hall–Kier alpha value is -4.97. The average Bonchev–Trinajstić information content (AvgIpc) is 3.38. The van der Waals surface area contributed by atoms with E-state index in [1.165, 1.54) is 22.9 Å². The summed E-state index contributed by atoms with van der Waals surface area (Å²) in [5.74, 6) is 0.572. The van der Waals surface area contributed by atoms with Crippen molar-refractivity contribution in [2.24, 2.45) is 7.05 Å². The minimum atomic E-state index is -2.80. The van der Waals surface area contributed by atoms with Gasteiger partial charge >= 0.3 is 12.1 Å². The van der Waals surface area contributed by atoms with Crippen LogP contribution in [0.15, 0.2) is 43.1 Å². The molecule has 0 radical (unpaired) electrons. The number of aromatic nitrogens is 7. The minimum Gasteiger partial charge on any atom is -0.467 e. The van der Waals surface area contributed by atoms with Gasteiger partial charge < -0.3 is 14.8 Å². The summed E-state index contributed by atoms with van der Waals surface area (Å²) in [7, 11) is 3.18. The highest BCUT2D eigenvalue weighted by molar-refractivity contribution is 6.33. The number of carbonyl (C=O) groups is 1. The number of methoxy groups -OCH3 is 1. The lowest BCUT2D eigenvalue weighted by atomic mass is 9.90. The highest BCUT2D eigenvalue weighted by atomic mass is 35.5. The van der Waals surface area contributed by atoms with Crippen molar-refractivity contribution in [3.63, 3.8) is 0 Å². The quantitative estimate of drug-likeness (QED) is 0.270. The predicted molar refractivity (Wildman–Crippen MR) is 155 cm³/mol. The third kappa shape index (κ3) is 6.97. The molecule has 44 heavy (non-hydrogen) atoms. The molecule has 1 aliphatic rings. The van der Waals surface area contributed by atoms with Gasteiger partial charge in [-0.25, -0.2) is 38.5 Å². The summed E-state index contributed by atoms with van der Waals surface area (Å²) in [6.45, 7) is -1.02. The van der Waals surface area contributed by atoms with Gasteiger partial charge in [-0.3, -0.25) is 9.58 Å². The molecule has 1 amide bonds. The zero-order valence-corrected chi connectivity index (χ0v) is 24.4. The van der Waals surface area contributed by atoms with Crippen molar-refractivity contribution < 1.29 is 23.0 Å². The van der Waals surface area contributed by atoms with Gasteiger partial charge in [0.2, 0.25) is 5.95 Å². The zero-order valence-electron chi connectivity index (χ0n) is 23.7. The van der Waals surface area contributed by atoms with Crippen molar-refractivity contribution in [2.45, 2.75) is 44.2 Å². The summed E-state index contributed by atoms with van der Waals surface area (Å²) in [6, 6.07) is 5.24. The molecule has 4 aromatic rings. The van der Waals surface area contributed by atoms with Crippen molar-refractivity contribution in [1.82, 2.24) is 34.7 Å². The van der Waals surface area contributed by atoms with Crippen LogP contribution in [0, 0.1) is 11.3 Å². The van der Waals surface area contributed by atoms with Crippen LogP contribution in [-0.4, -0.2) is 73.0 Å². The lowest BCUT2D eigenvalue weighted by Crippen LogP contribution is -2.45. The molecular formula is C28H27ClF2N10O3. The Morgan fingerprint density at radius 3 is 2.43 bits per heavy atom. The van der Waals surface area contributed by atoms with E-state index in [9.17, 15) is 18.8 Å². The van der Waals surface area contributed by atoms with Gasteiger partial charge in [0.25, 0.3) is 6.43 Å². The van der Waals surface area contributed by atoms with Crippen LogP contribution in [0.25, 0.3) is 22.5 Å². The molecule has 1 saturated carbocycles. The highest BCUT2D eigenvalue weighted by Crippen LogP contribution is 2.31. The lowest BCUT2D eigenvalue weighted by Gasteiger charge is -2.36. The normalized spacial score (nSPS) is 16.3. The lowest BCUT2D eigenvalue weighted by molar-refractivity contribution is 0.0505. The van der Waals surface area contributed by atoms with Gasteiger partial charge in [-0.1, -0.05) is 11.6 Å². The molecule has 5 rings (SSSR count). The van der Waals surface area contributed by atoms with Crippen LogP contribution in [0.3, 0.4) is 0 Å². The summed E-state index contributed by atoms with van der Waals surface area (Å²) >= 11 is 6.29. The van der Waals surface area contributed by atoms with Crippen LogP contribution >= 0.6 is 11.6 Å². The average molecular weight is 625 g/mol. The molecule has 0 saturated heterocycles. The van der Waals surface area contributed by atoms with E-state index < -0.39 is 19.1 Å². The van der Waals surface area contributed by atoms with E-state index in [4.69, 9.17) is 21.1 Å². The van der Waals surface area contributed by atoms with E-state index >= 15 is 0 Å². The second-order valence-corrected chi connectivity index (χ2v) is 10.3. The molecule has 4 heterocycles. The van der Waals surface area contributed by atoms with Crippen LogP contribution in [0.2, 0.25) is 5.02 Å². The number of hydrogen-bond acceptors (Lipinski definition) is 11. The van der Waals surface area contributed by atoms with Crippen LogP contribution in [0.5, 0.6) is 6.01 Å². The molecule has 1 aliphatic carbocycles. The van der Waals surface area contributed by atoms with Crippen LogP contribution in [-0.2, 0) is 11.8 Å². The fraction of sp³-hybridized carbons (Fsp3) is 0.357. The van der Waals surface area contributed by atoms with E-state index in [1.807, 2.05) is 0 Å². The maximum Gasteiger partial charge on any atom is 0.415 e. The number of rotatable bonds is 9. The Balaban J connectivity index is 1.30. The van der Waals surface area contributed by atoms with Gasteiger partial charge in [0, 0.05) is 55.0 Å². The van der Waals surface area contributed by atoms with Crippen LogP contribution in [0.4, 0.5) is 25.3 Å². The summed E-state index contributed by atoms with van der Waals surface area (Å²) in [4.78, 5) is 35.8. The molecule has 13 nitrogen and oxygen atoms in total. The highest BCUT2D eigenvalue weighted by Gasteiger charge is 2.33. The van der Waals surface area contributed by atoms with Gasteiger partial charge in [-0.15, -0.1) is 0 Å². The molecule has 16 heteroatoms. The van der Waals surface area contributed by atoms with E-state index in [0.717, 1.165) is 0 Å². The van der Waals surface area contributed by atoms with Crippen molar-refractivity contribution in [1.29, 1.82) is 5.26 Å². The number of halogens is 3. The van der Waals surface area contributed by atoms with Gasteiger partial charge in [0.05, 0.1) is 23.9 Å². The number of anilines is 2. The van der Waals surface area contributed by atoms with Gasteiger partial charge in [-0.05, 0) is 37.8 Å². The summed E-state index contributed by atoms with van der Waals surface area (Å²) in [5, 5.41) is 17.5. The van der Waals surface area contributed by atoms with E-state index in [1.54, 1.807) is 44.0 Å². The molecule has 0 aliphatic heterocycles. The standard InChI is InChI=1S/C28H27ClF2N10O3/c1-40-14-21(29)25(39-40)24-17(9-32)11-34-26(38-24)37-19-4-6-20(7-5-19)41(28(42)44-15-22(30)31)23-8-3-16(10-33-23)18-12-35-27(43-2)36-13-18/h3,8,10-14,19-20,22H,4-7,15H2,1-2H3,(H,34,37,38)/t19-,20-. The Labute approximate surface area is 255 Å². The largest absolute Gasteiger partial charge is 0.467 e. The number of alkyl halides is 2. The predicted octanol–water partition coefficient (Wildman–Crippen LogP) is 4.89. The molecule has 0 atom stereocenters. The summed E-state index contributed by atoms with van der Waals surface area (Å²) < 4.78 is 37.2. The first-order valence-corrected chi connectivity index (χ1v) is 13.9. The zero-order chi connectivity index (χ0) is 31.2. The number of pyridine rings is 1. The summed E-state index contributed by atoms with van der Waals surface area (Å²) in [5.41, 5.74) is 2.29. The molecular weight excluding hydrogens is 598 g/mol. The van der Waals surface area contributed by atoms with Crippen LogP contribution in [0.1, 0.15) is 31.2 Å². The number of carbonyl (C=O) groups excluding carboxylic acids is 1. The van der Waals surface area contributed by atoms with Crippen molar-refractivity contribution in [2.75, 3.05) is 23.9 Å². The van der Waals surface area contributed by atoms with Gasteiger partial charge in [-0.2, -0.15) is 10.4 Å².